The molecular formula is C13H13NO3S. The molecular weight excluding hydrogens is 250 g/mol. The van der Waals surface area contributed by atoms with Crippen LogP contribution in [0, 0.1) is 0 Å². The minimum atomic E-state index is -0.825. The van der Waals surface area contributed by atoms with Crippen molar-refractivity contribution in [2.45, 2.75) is 18.8 Å². The van der Waals surface area contributed by atoms with E-state index in [1.807, 2.05) is 5.38 Å². The van der Waals surface area contributed by atoms with Gasteiger partial charge in [-0.2, -0.15) is 0 Å². The van der Waals surface area contributed by atoms with E-state index in [9.17, 15) is 9.90 Å². The van der Waals surface area contributed by atoms with Crippen LogP contribution in [-0.2, 0) is 11.2 Å². The molecule has 1 heterocycles. The number of rotatable bonds is 5. The SMILES string of the molecule is O=C(O)CC(Cc1ccc(O)cc1)c1nccs1. The summed E-state index contributed by atoms with van der Waals surface area (Å²) in [7, 11) is 0. The number of phenolic OH excluding ortho intramolecular Hbond substituents is 1. The molecule has 4 nitrogen and oxygen atoms in total. The smallest absolute Gasteiger partial charge is 0.304 e. The molecule has 0 spiro atoms. The number of hydrogen-bond donors (Lipinski definition) is 2. The average molecular weight is 263 g/mol. The van der Waals surface area contributed by atoms with Crippen LogP contribution in [0.15, 0.2) is 35.8 Å². The first-order chi connectivity index (χ1) is 8.65. The number of phenols is 1. The molecule has 0 fully saturated rings. The lowest BCUT2D eigenvalue weighted by molar-refractivity contribution is -0.137. The van der Waals surface area contributed by atoms with Gasteiger partial charge in [0.1, 0.15) is 5.75 Å². The van der Waals surface area contributed by atoms with E-state index in [2.05, 4.69) is 4.98 Å². The van der Waals surface area contributed by atoms with Gasteiger partial charge < -0.3 is 10.2 Å². The Kier molecular flexibility index (Phi) is 3.94. The Bertz CT molecular complexity index is 508. The highest BCUT2D eigenvalue weighted by Gasteiger charge is 2.18. The topological polar surface area (TPSA) is 70.4 Å². The molecule has 5 heteroatoms. The summed E-state index contributed by atoms with van der Waals surface area (Å²) in [5, 5.41) is 20.8. The number of aliphatic carboxylic acids is 1. The van der Waals surface area contributed by atoms with Crippen LogP contribution in [0.3, 0.4) is 0 Å². The van der Waals surface area contributed by atoms with E-state index in [0.29, 0.717) is 6.42 Å². The largest absolute Gasteiger partial charge is 0.508 e. The van der Waals surface area contributed by atoms with E-state index in [1.165, 1.54) is 11.3 Å². The molecule has 1 unspecified atom stereocenters. The number of hydrogen-bond acceptors (Lipinski definition) is 4. The predicted octanol–water partition coefficient (Wildman–Crippen LogP) is 2.65. The molecule has 2 aromatic rings. The molecule has 0 aliphatic heterocycles. The fourth-order valence-corrected chi connectivity index (χ4v) is 2.55. The van der Waals surface area contributed by atoms with E-state index < -0.39 is 5.97 Å². The van der Waals surface area contributed by atoms with Crippen molar-refractivity contribution in [3.05, 3.63) is 46.4 Å². The summed E-state index contributed by atoms with van der Waals surface area (Å²) < 4.78 is 0. The van der Waals surface area contributed by atoms with Crippen molar-refractivity contribution in [3.63, 3.8) is 0 Å². The van der Waals surface area contributed by atoms with Crippen LogP contribution in [0.1, 0.15) is 22.9 Å². The zero-order valence-electron chi connectivity index (χ0n) is 9.61. The standard InChI is InChI=1S/C13H13NO3S/c15-11-3-1-9(2-4-11)7-10(8-12(16)17)13-14-5-6-18-13/h1-6,10,15H,7-8H2,(H,16,17). The summed E-state index contributed by atoms with van der Waals surface area (Å²) in [5.74, 6) is -0.733. The third-order valence-corrected chi connectivity index (χ3v) is 3.58. The first-order valence-corrected chi connectivity index (χ1v) is 6.42. The number of benzene rings is 1. The number of aromatic nitrogens is 1. The monoisotopic (exact) mass is 263 g/mol. The van der Waals surface area contributed by atoms with Crippen molar-refractivity contribution in [2.75, 3.05) is 0 Å². The van der Waals surface area contributed by atoms with Crippen molar-refractivity contribution in [1.82, 2.24) is 4.98 Å². The van der Waals surface area contributed by atoms with Gasteiger partial charge in [0.25, 0.3) is 0 Å². The summed E-state index contributed by atoms with van der Waals surface area (Å²) >= 11 is 1.47. The summed E-state index contributed by atoms with van der Waals surface area (Å²) in [6, 6.07) is 6.82. The van der Waals surface area contributed by atoms with E-state index in [4.69, 9.17) is 5.11 Å². The molecule has 0 radical (unpaired) electrons. The van der Waals surface area contributed by atoms with Crippen molar-refractivity contribution >= 4 is 17.3 Å². The van der Waals surface area contributed by atoms with E-state index in [0.717, 1.165) is 10.6 Å². The quantitative estimate of drug-likeness (QED) is 0.870. The predicted molar refractivity (Wildman–Crippen MR) is 68.9 cm³/mol. The van der Waals surface area contributed by atoms with Crippen LogP contribution < -0.4 is 0 Å². The lowest BCUT2D eigenvalue weighted by atomic mass is 9.97. The van der Waals surface area contributed by atoms with E-state index >= 15 is 0 Å². The van der Waals surface area contributed by atoms with Crippen molar-refractivity contribution < 1.29 is 15.0 Å². The summed E-state index contributed by atoms with van der Waals surface area (Å²) in [6.07, 6.45) is 2.36. The Hall–Kier alpha value is -1.88. The minimum absolute atomic E-state index is 0.0639. The highest BCUT2D eigenvalue weighted by Crippen LogP contribution is 2.26. The second-order valence-corrected chi connectivity index (χ2v) is 4.96. The van der Waals surface area contributed by atoms with Gasteiger partial charge in [-0.25, -0.2) is 4.98 Å². The highest BCUT2D eigenvalue weighted by molar-refractivity contribution is 7.09. The fraction of sp³-hybridized carbons (Fsp3) is 0.231. The number of thiazole rings is 1. The zero-order chi connectivity index (χ0) is 13.0. The lowest BCUT2D eigenvalue weighted by Crippen LogP contribution is -2.09. The molecule has 94 valence electrons. The first-order valence-electron chi connectivity index (χ1n) is 5.54. The van der Waals surface area contributed by atoms with Gasteiger partial charge in [-0.3, -0.25) is 4.79 Å². The zero-order valence-corrected chi connectivity index (χ0v) is 10.4. The van der Waals surface area contributed by atoms with Gasteiger partial charge in [-0.1, -0.05) is 12.1 Å². The third-order valence-electron chi connectivity index (χ3n) is 2.64. The molecule has 18 heavy (non-hydrogen) atoms. The van der Waals surface area contributed by atoms with E-state index in [-0.39, 0.29) is 18.1 Å². The van der Waals surface area contributed by atoms with Crippen LogP contribution in [0.4, 0.5) is 0 Å². The summed E-state index contributed by atoms with van der Waals surface area (Å²) in [4.78, 5) is 15.1. The number of carbonyl (C=O) groups is 1. The molecule has 1 aromatic carbocycles. The molecule has 2 N–H and O–H groups in total. The van der Waals surface area contributed by atoms with Gasteiger partial charge in [0.2, 0.25) is 0 Å². The van der Waals surface area contributed by atoms with E-state index in [1.54, 1.807) is 30.5 Å². The number of carboxylic acid groups (broad SMARTS) is 1. The molecule has 0 bridgehead atoms. The van der Waals surface area contributed by atoms with Crippen LogP contribution in [-0.4, -0.2) is 21.2 Å². The second-order valence-electron chi connectivity index (χ2n) is 4.04. The minimum Gasteiger partial charge on any atom is -0.508 e. The number of nitrogens with zero attached hydrogens (tertiary/aromatic N) is 1. The lowest BCUT2D eigenvalue weighted by Gasteiger charge is -2.12. The van der Waals surface area contributed by atoms with Crippen LogP contribution in [0.25, 0.3) is 0 Å². The summed E-state index contributed by atoms with van der Waals surface area (Å²) in [6.45, 7) is 0. The Balaban J connectivity index is 2.15. The Morgan fingerprint density at radius 2 is 2.06 bits per heavy atom. The molecule has 1 atom stereocenters. The van der Waals surface area contributed by atoms with Crippen molar-refractivity contribution in [2.24, 2.45) is 0 Å². The van der Waals surface area contributed by atoms with Crippen molar-refractivity contribution in [1.29, 1.82) is 0 Å². The highest BCUT2D eigenvalue weighted by atomic mass is 32.1. The van der Waals surface area contributed by atoms with Crippen LogP contribution in [0.2, 0.25) is 0 Å². The molecule has 1 aromatic heterocycles. The molecule has 0 saturated heterocycles. The van der Waals surface area contributed by atoms with Gasteiger partial charge in [0, 0.05) is 17.5 Å². The van der Waals surface area contributed by atoms with Gasteiger partial charge >= 0.3 is 5.97 Å². The van der Waals surface area contributed by atoms with Gasteiger partial charge in [0.15, 0.2) is 0 Å². The Morgan fingerprint density at radius 1 is 1.33 bits per heavy atom. The molecule has 2 rings (SSSR count). The van der Waals surface area contributed by atoms with Crippen molar-refractivity contribution in [3.8, 4) is 5.75 Å². The molecule has 0 aliphatic rings. The molecule has 0 saturated carbocycles. The first kappa shape index (κ1) is 12.6. The number of aromatic hydroxyl groups is 1. The van der Waals surface area contributed by atoms with Gasteiger partial charge in [0.05, 0.1) is 11.4 Å². The Labute approximate surface area is 109 Å². The molecule has 0 aliphatic carbocycles. The Morgan fingerprint density at radius 3 is 2.61 bits per heavy atom. The molecule has 0 amide bonds. The normalized spacial score (nSPS) is 12.2. The van der Waals surface area contributed by atoms with Crippen LogP contribution >= 0.6 is 11.3 Å². The van der Waals surface area contributed by atoms with Gasteiger partial charge in [-0.05, 0) is 24.1 Å². The average Bonchev–Trinajstić information content (AvgIpc) is 2.84. The van der Waals surface area contributed by atoms with Crippen LogP contribution in [0.5, 0.6) is 5.75 Å². The second kappa shape index (κ2) is 5.64. The third kappa shape index (κ3) is 3.30. The maximum absolute atomic E-state index is 10.9. The maximum Gasteiger partial charge on any atom is 0.304 e. The fourth-order valence-electron chi connectivity index (χ4n) is 1.81. The summed E-state index contributed by atoms with van der Waals surface area (Å²) in [5.41, 5.74) is 0.995. The van der Waals surface area contributed by atoms with Gasteiger partial charge in [-0.15, -0.1) is 11.3 Å². The maximum atomic E-state index is 10.9. The number of carboxylic acids is 1.